The van der Waals surface area contributed by atoms with Crippen molar-refractivity contribution in [3.63, 3.8) is 0 Å². The molecule has 2 atom stereocenters. The SMILES string of the molecule is CC(=O)NCCC1CC(O)CN1c1ccc(-c2ccnc(Nc3cccc(CN4CCNCC4)c3)n2)cn1. The van der Waals surface area contributed by atoms with E-state index in [-0.39, 0.29) is 11.9 Å². The van der Waals surface area contributed by atoms with E-state index in [0.29, 0.717) is 25.5 Å². The zero-order valence-corrected chi connectivity index (χ0v) is 21.8. The highest BCUT2D eigenvalue weighted by Crippen LogP contribution is 2.28. The van der Waals surface area contributed by atoms with E-state index in [9.17, 15) is 9.90 Å². The van der Waals surface area contributed by atoms with Crippen LogP contribution in [0.3, 0.4) is 0 Å². The van der Waals surface area contributed by atoms with Crippen LogP contribution < -0.4 is 20.9 Å². The summed E-state index contributed by atoms with van der Waals surface area (Å²) in [6, 6.07) is 14.4. The predicted octanol–water partition coefficient (Wildman–Crippen LogP) is 2.15. The molecular weight excluding hydrogens is 480 g/mol. The van der Waals surface area contributed by atoms with Gasteiger partial charge in [-0.25, -0.2) is 15.0 Å². The van der Waals surface area contributed by atoms with Crippen molar-refractivity contribution in [3.05, 3.63) is 60.4 Å². The number of aliphatic hydroxyl groups excluding tert-OH is 1. The lowest BCUT2D eigenvalue weighted by Gasteiger charge is -2.27. The van der Waals surface area contributed by atoms with Crippen LogP contribution in [0.1, 0.15) is 25.3 Å². The van der Waals surface area contributed by atoms with Crippen molar-refractivity contribution in [2.24, 2.45) is 0 Å². The summed E-state index contributed by atoms with van der Waals surface area (Å²) >= 11 is 0. The van der Waals surface area contributed by atoms with Crippen molar-refractivity contribution >= 4 is 23.4 Å². The lowest BCUT2D eigenvalue weighted by atomic mass is 10.1. The van der Waals surface area contributed by atoms with Crippen molar-refractivity contribution in [3.8, 4) is 11.3 Å². The third kappa shape index (κ3) is 6.83. The molecule has 2 saturated heterocycles. The Kier molecular flexibility index (Phi) is 8.42. The van der Waals surface area contributed by atoms with Crippen molar-refractivity contribution in [1.82, 2.24) is 30.5 Å². The van der Waals surface area contributed by atoms with Crippen LogP contribution in [-0.2, 0) is 11.3 Å². The van der Waals surface area contributed by atoms with Gasteiger partial charge in [-0.3, -0.25) is 9.69 Å². The summed E-state index contributed by atoms with van der Waals surface area (Å²) in [5.41, 5.74) is 3.89. The standard InChI is InChI=1S/C28H36N8O2/c1-20(37)30-9-7-24-16-25(38)19-36(24)27-6-5-22(17-32-27)26-8-10-31-28(34-26)33-23-4-2-3-21(15-23)18-35-13-11-29-12-14-35/h2-6,8,10,15,17,24-25,29,38H,7,9,11-14,16,18-19H2,1H3,(H,30,37)(H,31,33,34). The number of carbonyl (C=O) groups is 1. The van der Waals surface area contributed by atoms with Crippen LogP contribution in [0.5, 0.6) is 0 Å². The highest BCUT2D eigenvalue weighted by Gasteiger charge is 2.31. The van der Waals surface area contributed by atoms with Crippen LogP contribution in [0, 0.1) is 0 Å². The molecule has 2 aliphatic heterocycles. The monoisotopic (exact) mass is 516 g/mol. The molecule has 0 radical (unpaired) electrons. The van der Waals surface area contributed by atoms with E-state index in [1.807, 2.05) is 30.5 Å². The van der Waals surface area contributed by atoms with E-state index in [4.69, 9.17) is 4.98 Å². The fourth-order valence-electron chi connectivity index (χ4n) is 5.15. The molecular formula is C28H36N8O2. The number of nitrogens with zero attached hydrogens (tertiary/aromatic N) is 5. The minimum Gasteiger partial charge on any atom is -0.391 e. The maximum atomic E-state index is 11.2. The molecule has 1 aromatic carbocycles. The Morgan fingerprint density at radius 3 is 2.82 bits per heavy atom. The summed E-state index contributed by atoms with van der Waals surface area (Å²) in [5, 5.41) is 19.8. The van der Waals surface area contributed by atoms with Gasteiger partial charge in [0.2, 0.25) is 11.9 Å². The number of rotatable bonds is 9. The number of anilines is 3. The maximum Gasteiger partial charge on any atom is 0.227 e. The molecule has 10 heteroatoms. The normalized spacial score (nSPS) is 19.9. The first-order valence-electron chi connectivity index (χ1n) is 13.3. The van der Waals surface area contributed by atoms with Gasteiger partial charge in [-0.15, -0.1) is 0 Å². The number of amides is 1. The Morgan fingerprint density at radius 2 is 2.03 bits per heavy atom. The van der Waals surface area contributed by atoms with Crippen LogP contribution in [-0.4, -0.2) is 82.3 Å². The van der Waals surface area contributed by atoms with Crippen LogP contribution in [0.4, 0.5) is 17.5 Å². The molecule has 38 heavy (non-hydrogen) atoms. The van der Waals surface area contributed by atoms with E-state index < -0.39 is 6.10 Å². The van der Waals surface area contributed by atoms with Crippen molar-refractivity contribution in [2.45, 2.75) is 38.5 Å². The van der Waals surface area contributed by atoms with Gasteiger partial charge in [-0.1, -0.05) is 12.1 Å². The molecule has 200 valence electrons. The lowest BCUT2D eigenvalue weighted by molar-refractivity contribution is -0.118. The summed E-state index contributed by atoms with van der Waals surface area (Å²) in [7, 11) is 0. The third-order valence-corrected chi connectivity index (χ3v) is 7.04. The number of aromatic nitrogens is 3. The average molecular weight is 517 g/mol. The Morgan fingerprint density at radius 1 is 1.16 bits per heavy atom. The Bertz CT molecular complexity index is 1220. The molecule has 0 spiro atoms. The molecule has 2 fully saturated rings. The zero-order chi connectivity index (χ0) is 26.3. The Balaban J connectivity index is 1.24. The van der Waals surface area contributed by atoms with Gasteiger partial charge in [0.1, 0.15) is 5.82 Å². The lowest BCUT2D eigenvalue weighted by Crippen LogP contribution is -2.42. The van der Waals surface area contributed by atoms with Gasteiger partial charge < -0.3 is 26.0 Å². The van der Waals surface area contributed by atoms with Gasteiger partial charge in [-0.2, -0.15) is 0 Å². The maximum absolute atomic E-state index is 11.2. The Hall–Kier alpha value is -3.60. The number of nitrogens with one attached hydrogen (secondary N) is 3. The van der Waals surface area contributed by atoms with E-state index >= 15 is 0 Å². The molecule has 0 aliphatic carbocycles. The van der Waals surface area contributed by atoms with Gasteiger partial charge in [0.05, 0.1) is 11.8 Å². The van der Waals surface area contributed by atoms with Crippen molar-refractivity contribution < 1.29 is 9.90 Å². The number of pyridine rings is 1. The van der Waals surface area contributed by atoms with Crippen LogP contribution in [0.2, 0.25) is 0 Å². The van der Waals surface area contributed by atoms with Gasteiger partial charge in [0, 0.05) is 82.4 Å². The molecule has 4 N–H and O–H groups in total. The van der Waals surface area contributed by atoms with Gasteiger partial charge in [0.15, 0.2) is 0 Å². The average Bonchev–Trinajstić information content (AvgIpc) is 3.30. The largest absolute Gasteiger partial charge is 0.391 e. The number of aliphatic hydroxyl groups is 1. The minimum absolute atomic E-state index is 0.0424. The highest BCUT2D eigenvalue weighted by molar-refractivity contribution is 5.72. The molecule has 2 aliphatic rings. The molecule has 0 bridgehead atoms. The topological polar surface area (TPSA) is 119 Å². The number of carbonyl (C=O) groups excluding carboxylic acids is 1. The molecule has 0 saturated carbocycles. The smallest absolute Gasteiger partial charge is 0.227 e. The van der Waals surface area contributed by atoms with Gasteiger partial charge >= 0.3 is 0 Å². The zero-order valence-electron chi connectivity index (χ0n) is 21.8. The van der Waals surface area contributed by atoms with E-state index in [0.717, 1.165) is 61.9 Å². The summed E-state index contributed by atoms with van der Waals surface area (Å²) in [6.45, 7) is 7.75. The van der Waals surface area contributed by atoms with Crippen LogP contribution >= 0.6 is 0 Å². The molecule has 2 unspecified atom stereocenters. The van der Waals surface area contributed by atoms with Crippen molar-refractivity contribution in [2.75, 3.05) is 49.5 Å². The molecule has 4 heterocycles. The number of benzene rings is 1. The molecule has 10 nitrogen and oxygen atoms in total. The molecule has 3 aromatic rings. The van der Waals surface area contributed by atoms with Gasteiger partial charge in [-0.05, 0) is 48.7 Å². The fraction of sp³-hybridized carbons (Fsp3) is 0.429. The second-order valence-electron chi connectivity index (χ2n) is 9.99. The molecule has 5 rings (SSSR count). The first kappa shape index (κ1) is 26.0. The van der Waals surface area contributed by atoms with Crippen molar-refractivity contribution in [1.29, 1.82) is 0 Å². The fourth-order valence-corrected chi connectivity index (χ4v) is 5.15. The highest BCUT2D eigenvalue weighted by atomic mass is 16.3. The summed E-state index contributed by atoms with van der Waals surface area (Å²) in [4.78, 5) is 29.6. The molecule has 1 amide bonds. The van der Waals surface area contributed by atoms with E-state index in [1.54, 1.807) is 6.20 Å². The number of hydrogen-bond acceptors (Lipinski definition) is 9. The van der Waals surface area contributed by atoms with Crippen LogP contribution in [0.15, 0.2) is 54.9 Å². The van der Waals surface area contributed by atoms with Crippen LogP contribution in [0.25, 0.3) is 11.3 Å². The Labute approximate surface area is 223 Å². The first-order valence-corrected chi connectivity index (χ1v) is 13.3. The summed E-state index contributed by atoms with van der Waals surface area (Å²) < 4.78 is 0. The second-order valence-corrected chi connectivity index (χ2v) is 9.99. The number of β-amino-alcohol motifs (C(OH)–C–C–N with tert-alkyl or cyclic N) is 1. The van der Waals surface area contributed by atoms with Gasteiger partial charge in [0.25, 0.3) is 0 Å². The summed E-state index contributed by atoms with van der Waals surface area (Å²) in [5.74, 6) is 1.30. The second kappa shape index (κ2) is 12.3. The quantitative estimate of drug-likeness (QED) is 0.339. The first-order chi connectivity index (χ1) is 18.5. The van der Waals surface area contributed by atoms with E-state index in [2.05, 4.69) is 53.9 Å². The van der Waals surface area contributed by atoms with E-state index in [1.165, 1.54) is 12.5 Å². The third-order valence-electron chi connectivity index (χ3n) is 7.04. The number of piperazine rings is 1. The number of hydrogen-bond donors (Lipinski definition) is 4. The molecule has 2 aromatic heterocycles. The minimum atomic E-state index is -0.398. The summed E-state index contributed by atoms with van der Waals surface area (Å²) in [6.07, 6.45) is 4.59. The predicted molar refractivity (Wildman–Crippen MR) is 148 cm³/mol.